The Morgan fingerprint density at radius 3 is 2.48 bits per heavy atom. The fraction of sp³-hybridized carbons (Fsp3) is 0.600. The highest BCUT2D eigenvalue weighted by atomic mass is 32.2. The van der Waals surface area contributed by atoms with Gasteiger partial charge in [-0.15, -0.1) is 0 Å². The van der Waals surface area contributed by atoms with Crippen LogP contribution in [0.25, 0.3) is 0 Å². The lowest BCUT2D eigenvalue weighted by Gasteiger charge is -2.32. The van der Waals surface area contributed by atoms with E-state index >= 15 is 0 Å². The molecule has 0 unspecified atom stereocenters. The summed E-state index contributed by atoms with van der Waals surface area (Å²) in [7, 11) is -1.77. The van der Waals surface area contributed by atoms with Crippen LogP contribution in [-0.4, -0.2) is 86.7 Å². The fourth-order valence-corrected chi connectivity index (χ4v) is 5.53. The monoisotopic (exact) mass is 422 g/mol. The predicted octanol–water partition coefficient (Wildman–Crippen LogP) is 0.997. The summed E-state index contributed by atoms with van der Waals surface area (Å²) in [5.41, 5.74) is 0.382. The van der Waals surface area contributed by atoms with E-state index in [0.717, 1.165) is 49.9 Å². The molecule has 0 spiro atoms. The number of hydrogen-bond donors (Lipinski definition) is 1. The summed E-state index contributed by atoms with van der Waals surface area (Å²) in [6.45, 7) is 9.20. The molecule has 0 aliphatic carbocycles. The molecule has 29 heavy (non-hydrogen) atoms. The van der Waals surface area contributed by atoms with E-state index in [4.69, 9.17) is 0 Å². The summed E-state index contributed by atoms with van der Waals surface area (Å²) in [6.07, 6.45) is 1.86. The second kappa shape index (κ2) is 8.81. The second-order valence-electron chi connectivity index (χ2n) is 8.02. The first-order valence-electron chi connectivity index (χ1n) is 10.1. The van der Waals surface area contributed by atoms with Crippen LogP contribution >= 0.6 is 0 Å². The summed E-state index contributed by atoms with van der Waals surface area (Å²) in [6, 6.07) is 3.78. The van der Waals surface area contributed by atoms with Gasteiger partial charge in [0.15, 0.2) is 0 Å². The van der Waals surface area contributed by atoms with Crippen LogP contribution in [0.2, 0.25) is 0 Å². The zero-order valence-electron chi connectivity index (χ0n) is 17.3. The van der Waals surface area contributed by atoms with E-state index in [2.05, 4.69) is 22.2 Å². The molecule has 0 bridgehead atoms. The van der Waals surface area contributed by atoms with E-state index in [1.54, 1.807) is 13.8 Å². The van der Waals surface area contributed by atoms with Crippen molar-refractivity contribution in [1.82, 2.24) is 19.4 Å². The van der Waals surface area contributed by atoms with E-state index in [1.807, 2.05) is 0 Å². The minimum Gasteiger partial charge on any atom is -0.352 e. The minimum atomic E-state index is -3.90. The number of carbonyl (C=O) groups is 2. The van der Waals surface area contributed by atoms with Crippen LogP contribution in [0.3, 0.4) is 0 Å². The molecule has 2 aliphatic rings. The van der Waals surface area contributed by atoms with E-state index < -0.39 is 22.0 Å². The number of nitrogens with zero attached hydrogens (tertiary/aromatic N) is 3. The summed E-state index contributed by atoms with van der Waals surface area (Å²) in [5.74, 6) is -0.857. The highest BCUT2D eigenvalue weighted by Crippen LogP contribution is 2.32. The lowest BCUT2D eigenvalue weighted by Crippen LogP contribution is -2.44. The largest absolute Gasteiger partial charge is 0.352 e. The van der Waals surface area contributed by atoms with Crippen LogP contribution < -0.4 is 5.32 Å². The maximum absolute atomic E-state index is 12.6. The van der Waals surface area contributed by atoms with Gasteiger partial charge in [-0.3, -0.25) is 9.59 Å². The smallest absolute Gasteiger partial charge is 0.269 e. The van der Waals surface area contributed by atoms with Gasteiger partial charge in [0.2, 0.25) is 0 Å². The SMILES string of the molecule is CC(C)N1C(=O)c2ccc(C(=O)NCCCCN3CCN(C)CC3)cc2S1(=O)=O. The molecule has 8 nitrogen and oxygen atoms in total. The number of nitrogens with one attached hydrogen (secondary N) is 1. The van der Waals surface area contributed by atoms with E-state index in [-0.39, 0.29) is 21.9 Å². The molecule has 160 valence electrons. The van der Waals surface area contributed by atoms with Crippen molar-refractivity contribution in [1.29, 1.82) is 0 Å². The first kappa shape index (κ1) is 21.7. The van der Waals surface area contributed by atoms with Gasteiger partial charge in [0.1, 0.15) is 4.90 Å². The van der Waals surface area contributed by atoms with Gasteiger partial charge in [-0.1, -0.05) is 0 Å². The van der Waals surface area contributed by atoms with Crippen molar-refractivity contribution in [3.63, 3.8) is 0 Å². The maximum atomic E-state index is 12.6. The van der Waals surface area contributed by atoms with Crippen LogP contribution in [0.4, 0.5) is 0 Å². The van der Waals surface area contributed by atoms with Crippen molar-refractivity contribution < 1.29 is 18.0 Å². The third-order valence-corrected chi connectivity index (χ3v) is 7.46. The molecule has 2 heterocycles. The van der Waals surface area contributed by atoms with Crippen molar-refractivity contribution in [3.8, 4) is 0 Å². The molecule has 1 fully saturated rings. The van der Waals surface area contributed by atoms with Crippen molar-refractivity contribution in [2.75, 3.05) is 46.3 Å². The lowest BCUT2D eigenvalue weighted by molar-refractivity contribution is 0.0845. The first-order chi connectivity index (χ1) is 13.7. The van der Waals surface area contributed by atoms with Crippen molar-refractivity contribution >= 4 is 21.8 Å². The van der Waals surface area contributed by atoms with E-state index in [0.29, 0.717) is 6.54 Å². The Bertz CT molecular complexity index is 876. The number of carbonyl (C=O) groups excluding carboxylic acids is 2. The van der Waals surface area contributed by atoms with Gasteiger partial charge < -0.3 is 15.1 Å². The van der Waals surface area contributed by atoms with E-state index in [1.165, 1.54) is 18.2 Å². The number of hydrogen-bond acceptors (Lipinski definition) is 6. The summed E-state index contributed by atoms with van der Waals surface area (Å²) < 4.78 is 26.2. The number of benzene rings is 1. The third kappa shape index (κ3) is 4.62. The molecule has 0 saturated carbocycles. The normalized spacial score (nSPS) is 19.6. The van der Waals surface area contributed by atoms with Gasteiger partial charge in [-0.05, 0) is 58.5 Å². The molecule has 2 amide bonds. The molecule has 1 saturated heterocycles. The van der Waals surface area contributed by atoms with Gasteiger partial charge in [0.05, 0.1) is 5.56 Å². The van der Waals surface area contributed by atoms with Crippen LogP contribution in [0.1, 0.15) is 47.4 Å². The Morgan fingerprint density at radius 2 is 1.83 bits per heavy atom. The zero-order valence-corrected chi connectivity index (χ0v) is 18.2. The van der Waals surface area contributed by atoms with Gasteiger partial charge in [-0.2, -0.15) is 0 Å². The standard InChI is InChI=1S/C20H30N4O4S/c1-15(2)24-20(26)17-7-6-16(14-18(17)29(24,27)28)19(25)21-8-4-5-9-23-12-10-22(3)11-13-23/h6-7,14-15H,4-5,8-13H2,1-3H3,(H,21,25). The summed E-state index contributed by atoms with van der Waals surface area (Å²) in [5, 5.41) is 2.85. The number of sulfonamides is 1. The number of amides is 2. The maximum Gasteiger partial charge on any atom is 0.269 e. The highest BCUT2D eigenvalue weighted by Gasteiger charge is 2.42. The molecule has 0 aromatic heterocycles. The number of likely N-dealkylation sites (N-methyl/N-ethyl adjacent to an activating group) is 1. The van der Waals surface area contributed by atoms with Crippen molar-refractivity contribution in [3.05, 3.63) is 29.3 Å². The molecule has 0 radical (unpaired) electrons. The summed E-state index contributed by atoms with van der Waals surface area (Å²) >= 11 is 0. The first-order valence-corrected chi connectivity index (χ1v) is 11.6. The van der Waals surface area contributed by atoms with E-state index in [9.17, 15) is 18.0 Å². The van der Waals surface area contributed by atoms with Gasteiger partial charge in [0.25, 0.3) is 21.8 Å². The number of piperazine rings is 1. The van der Waals surface area contributed by atoms with Crippen LogP contribution in [0.5, 0.6) is 0 Å². The zero-order chi connectivity index (χ0) is 21.2. The Labute approximate surface area is 172 Å². The second-order valence-corrected chi connectivity index (χ2v) is 9.80. The van der Waals surface area contributed by atoms with Crippen molar-refractivity contribution in [2.24, 2.45) is 0 Å². The quantitative estimate of drug-likeness (QED) is 0.660. The van der Waals surface area contributed by atoms with Crippen molar-refractivity contribution in [2.45, 2.75) is 37.6 Å². The molecule has 2 aliphatic heterocycles. The Hall–Kier alpha value is -1.97. The number of unbranched alkanes of at least 4 members (excludes halogenated alkanes) is 1. The minimum absolute atomic E-state index is 0.0843. The van der Waals surface area contributed by atoms with Gasteiger partial charge in [-0.25, -0.2) is 12.7 Å². The van der Waals surface area contributed by atoms with Gasteiger partial charge in [0, 0.05) is 44.3 Å². The molecule has 1 aromatic rings. The molecule has 3 rings (SSSR count). The van der Waals surface area contributed by atoms with Crippen LogP contribution in [0.15, 0.2) is 23.1 Å². The molecule has 9 heteroatoms. The highest BCUT2D eigenvalue weighted by molar-refractivity contribution is 7.90. The molecular weight excluding hydrogens is 392 g/mol. The fourth-order valence-electron chi connectivity index (χ4n) is 3.74. The van der Waals surface area contributed by atoms with Crippen LogP contribution in [0, 0.1) is 0 Å². The Balaban J connectivity index is 1.53. The topological polar surface area (TPSA) is 90.0 Å². The van der Waals surface area contributed by atoms with Crippen LogP contribution in [-0.2, 0) is 10.0 Å². The predicted molar refractivity (Wildman–Crippen MR) is 110 cm³/mol. The summed E-state index contributed by atoms with van der Waals surface area (Å²) in [4.78, 5) is 29.5. The molecule has 0 atom stereocenters. The number of rotatable bonds is 7. The molecular formula is C20H30N4O4S. The Morgan fingerprint density at radius 1 is 1.14 bits per heavy atom. The molecule has 1 aromatic carbocycles. The number of fused-ring (bicyclic) bond motifs is 1. The lowest BCUT2D eigenvalue weighted by atomic mass is 10.1. The Kier molecular flexibility index (Phi) is 6.60. The average molecular weight is 423 g/mol. The van der Waals surface area contributed by atoms with Gasteiger partial charge >= 0.3 is 0 Å². The third-order valence-electron chi connectivity index (χ3n) is 5.46. The molecule has 1 N–H and O–H groups in total. The average Bonchev–Trinajstić information content (AvgIpc) is 2.88.